The molecular weight excluding hydrogens is 231 g/mol. The SMILES string of the molecule is C[CH]=[Zr]([Cl])[Br]. The summed E-state index contributed by atoms with van der Waals surface area (Å²) in [6.07, 6.45) is 0. The number of hydrogen-bond donors (Lipinski definition) is 0. The van der Waals surface area contributed by atoms with Crippen LogP contribution in [0.25, 0.3) is 0 Å². The molecule has 5 heavy (non-hydrogen) atoms. The Balaban J connectivity index is 3.14. The van der Waals surface area contributed by atoms with Gasteiger partial charge >= 0.3 is 49.1 Å². The van der Waals surface area contributed by atoms with Crippen LogP contribution >= 0.6 is 20.7 Å². The van der Waals surface area contributed by atoms with Crippen LogP contribution in [0.2, 0.25) is 0 Å². The van der Waals surface area contributed by atoms with Gasteiger partial charge in [-0.3, -0.25) is 0 Å². The molecule has 0 aliphatic carbocycles. The molecule has 0 amide bonds. The first-order valence-corrected chi connectivity index (χ1v) is 11.4. The topological polar surface area (TPSA) is 0 Å². The molecule has 30 valence electrons. The molecule has 0 rings (SSSR count). The molecule has 0 spiro atoms. The molecule has 0 nitrogen and oxygen atoms in total. The van der Waals surface area contributed by atoms with Crippen molar-refractivity contribution in [3.63, 3.8) is 0 Å². The van der Waals surface area contributed by atoms with E-state index in [1.165, 1.54) is 0 Å². The average molecular weight is 235 g/mol. The zero-order valence-corrected chi connectivity index (χ0v) is 7.63. The third-order valence-corrected chi connectivity index (χ3v) is 5.29. The standard InChI is InChI=1S/C2H4.BrH.ClH.Zr/c1-2;;;/h1H,2H3;2*1H;/q;;;+2/p-2. The second-order valence-electron chi connectivity index (χ2n) is 0.578. The molecule has 0 aliphatic rings. The number of rotatable bonds is 0. The summed E-state index contributed by atoms with van der Waals surface area (Å²) in [4.78, 5) is 0. The first-order chi connectivity index (χ1) is 2.27. The third-order valence-electron chi connectivity index (χ3n) is 0.218. The Labute approximate surface area is 48.7 Å². The van der Waals surface area contributed by atoms with Crippen molar-refractivity contribution < 1.29 is 17.7 Å². The van der Waals surface area contributed by atoms with Crippen molar-refractivity contribution >= 4 is 24.4 Å². The van der Waals surface area contributed by atoms with Gasteiger partial charge in [-0.05, 0) is 0 Å². The summed E-state index contributed by atoms with van der Waals surface area (Å²) >= 11 is 1.86. The second kappa shape index (κ2) is 3.70. The van der Waals surface area contributed by atoms with Gasteiger partial charge in [0.25, 0.3) is 0 Å². The van der Waals surface area contributed by atoms with E-state index in [4.69, 9.17) is 8.51 Å². The van der Waals surface area contributed by atoms with Crippen molar-refractivity contribution in [1.29, 1.82) is 0 Å². The molecule has 0 fully saturated rings. The second-order valence-corrected chi connectivity index (χ2v) is 13.6. The van der Waals surface area contributed by atoms with Crippen molar-refractivity contribution in [2.75, 3.05) is 0 Å². The molecule has 3 heteroatoms. The first kappa shape index (κ1) is 6.52. The Bertz CT molecular complexity index is 47.6. The maximum absolute atomic E-state index is 5.52. The molecule has 0 N–H and O–H groups in total. The van der Waals surface area contributed by atoms with Crippen LogP contribution in [0.1, 0.15) is 6.92 Å². The molecule has 0 aromatic rings. The summed E-state index contributed by atoms with van der Waals surface area (Å²) in [5.74, 6) is 0. The van der Waals surface area contributed by atoms with Crippen molar-refractivity contribution in [3.05, 3.63) is 0 Å². The molecule has 0 aromatic carbocycles. The van der Waals surface area contributed by atoms with Gasteiger partial charge in [0.15, 0.2) is 0 Å². The van der Waals surface area contributed by atoms with E-state index >= 15 is 0 Å². The predicted molar refractivity (Wildman–Crippen MR) is 26.5 cm³/mol. The van der Waals surface area contributed by atoms with Crippen molar-refractivity contribution in [2.24, 2.45) is 0 Å². The van der Waals surface area contributed by atoms with Gasteiger partial charge in [0.1, 0.15) is 0 Å². The average Bonchev–Trinajstić information content (AvgIpc) is 1.38. The van der Waals surface area contributed by atoms with Crippen molar-refractivity contribution in [3.8, 4) is 0 Å². The van der Waals surface area contributed by atoms with Crippen LogP contribution in [0.15, 0.2) is 0 Å². The normalized spacial score (nSPS) is 12.2. The van der Waals surface area contributed by atoms with Crippen molar-refractivity contribution in [2.45, 2.75) is 6.92 Å². The summed E-state index contributed by atoms with van der Waals surface area (Å²) in [5, 5.41) is 0. The van der Waals surface area contributed by atoms with Gasteiger partial charge in [-0.1, -0.05) is 0 Å². The van der Waals surface area contributed by atoms with E-state index in [1.807, 2.05) is 10.6 Å². The summed E-state index contributed by atoms with van der Waals surface area (Å²) < 4.78 is 2.05. The molecular formula is C2H4BrClZr. The summed E-state index contributed by atoms with van der Waals surface area (Å²) in [6.45, 7) is 1.98. The fraction of sp³-hybridized carbons (Fsp3) is 0.500. The Morgan fingerprint density at radius 1 is 2.00 bits per heavy atom. The number of hydrogen-bond acceptors (Lipinski definition) is 0. The zero-order chi connectivity index (χ0) is 4.28. The number of halogens is 2. The van der Waals surface area contributed by atoms with Crippen LogP contribution in [0, 0.1) is 0 Å². The Hall–Kier alpha value is 1.52. The first-order valence-electron chi connectivity index (χ1n) is 1.24. The van der Waals surface area contributed by atoms with Crippen LogP contribution in [0.5, 0.6) is 0 Å². The monoisotopic (exact) mass is 232 g/mol. The van der Waals surface area contributed by atoms with Crippen LogP contribution in [-0.4, -0.2) is 3.71 Å². The van der Waals surface area contributed by atoms with Gasteiger partial charge in [-0.15, -0.1) is 0 Å². The molecule has 0 radical (unpaired) electrons. The Morgan fingerprint density at radius 2 is 2.20 bits per heavy atom. The van der Waals surface area contributed by atoms with Gasteiger partial charge < -0.3 is 0 Å². The summed E-state index contributed by atoms with van der Waals surface area (Å²) in [5.41, 5.74) is 0. The molecule has 0 unspecified atom stereocenters. The van der Waals surface area contributed by atoms with Crippen LogP contribution in [0.3, 0.4) is 0 Å². The summed E-state index contributed by atoms with van der Waals surface area (Å²) in [7, 11) is 5.52. The van der Waals surface area contributed by atoms with E-state index in [0.717, 1.165) is 0 Å². The molecule has 0 aromatic heterocycles. The third kappa shape index (κ3) is 5.52. The molecule has 0 bridgehead atoms. The fourth-order valence-electron chi connectivity index (χ4n) is 0. The van der Waals surface area contributed by atoms with Crippen LogP contribution < -0.4 is 0 Å². The molecule has 0 atom stereocenters. The van der Waals surface area contributed by atoms with E-state index in [9.17, 15) is 0 Å². The quantitative estimate of drug-likeness (QED) is 0.601. The van der Waals surface area contributed by atoms with Gasteiger partial charge in [-0.2, -0.15) is 0 Å². The van der Waals surface area contributed by atoms with Crippen molar-refractivity contribution in [1.82, 2.24) is 0 Å². The molecule has 0 saturated heterocycles. The van der Waals surface area contributed by atoms with Gasteiger partial charge in [0, 0.05) is 0 Å². The van der Waals surface area contributed by atoms with Crippen LogP contribution in [0.4, 0.5) is 0 Å². The van der Waals surface area contributed by atoms with E-state index in [2.05, 4.69) is 12.2 Å². The van der Waals surface area contributed by atoms with Gasteiger partial charge in [0.2, 0.25) is 0 Å². The molecule has 0 heterocycles. The van der Waals surface area contributed by atoms with Gasteiger partial charge in [-0.25, -0.2) is 0 Å². The minimum absolute atomic E-state index is 1.42. The Kier molecular flexibility index (Phi) is 4.83. The van der Waals surface area contributed by atoms with E-state index < -0.39 is 17.7 Å². The predicted octanol–water partition coefficient (Wildman–Crippen LogP) is 1.89. The Morgan fingerprint density at radius 3 is 2.20 bits per heavy atom. The summed E-state index contributed by atoms with van der Waals surface area (Å²) in [6, 6.07) is 0. The van der Waals surface area contributed by atoms with Gasteiger partial charge in [0.05, 0.1) is 0 Å². The fourth-order valence-corrected chi connectivity index (χ4v) is 0. The maximum atomic E-state index is 5.52. The zero-order valence-electron chi connectivity index (χ0n) is 2.83. The molecule has 0 saturated carbocycles. The minimum atomic E-state index is -1.42. The van der Waals surface area contributed by atoms with E-state index in [0.29, 0.717) is 0 Å². The van der Waals surface area contributed by atoms with Crippen LogP contribution in [-0.2, 0) is 17.7 Å². The van der Waals surface area contributed by atoms with E-state index in [-0.39, 0.29) is 0 Å². The molecule has 0 aliphatic heterocycles. The van der Waals surface area contributed by atoms with E-state index in [1.54, 1.807) is 0 Å².